The van der Waals surface area contributed by atoms with Crippen molar-refractivity contribution in [3.63, 3.8) is 0 Å². The second-order valence-corrected chi connectivity index (χ2v) is 6.85. The number of hydrogen-bond donors (Lipinski definition) is 1. The molecule has 108 valence electrons. The van der Waals surface area contributed by atoms with Gasteiger partial charge in [0.05, 0.1) is 5.41 Å². The molecule has 2 aliphatic rings. The Kier molecular flexibility index (Phi) is 3.33. The molecule has 0 radical (unpaired) electrons. The van der Waals surface area contributed by atoms with E-state index in [1.54, 1.807) is 0 Å². The maximum atomic E-state index is 12.7. The van der Waals surface area contributed by atoms with Crippen molar-refractivity contribution in [2.24, 2.45) is 5.92 Å². The van der Waals surface area contributed by atoms with Crippen LogP contribution >= 0.6 is 0 Å². The van der Waals surface area contributed by atoms with E-state index >= 15 is 0 Å². The van der Waals surface area contributed by atoms with Crippen molar-refractivity contribution < 1.29 is 4.79 Å². The molecule has 1 unspecified atom stereocenters. The molecule has 1 N–H and O–H groups in total. The minimum Gasteiger partial charge on any atom is -0.314 e. The lowest BCUT2D eigenvalue weighted by molar-refractivity contribution is -0.122. The van der Waals surface area contributed by atoms with Crippen molar-refractivity contribution in [3.05, 3.63) is 29.8 Å². The zero-order chi connectivity index (χ0) is 14.3. The zero-order valence-electron chi connectivity index (χ0n) is 12.6. The molecule has 3 nitrogen and oxygen atoms in total. The molecular weight excluding hydrogens is 248 g/mol. The summed E-state index contributed by atoms with van der Waals surface area (Å²) in [5.41, 5.74) is 1.87. The topological polar surface area (TPSA) is 32.3 Å². The lowest BCUT2D eigenvalue weighted by Crippen LogP contribution is -2.40. The summed E-state index contributed by atoms with van der Waals surface area (Å²) < 4.78 is 0. The van der Waals surface area contributed by atoms with Gasteiger partial charge in [0.1, 0.15) is 0 Å². The lowest BCUT2D eigenvalue weighted by Gasteiger charge is -2.24. The highest BCUT2D eigenvalue weighted by atomic mass is 16.2. The first-order valence-electron chi connectivity index (χ1n) is 7.65. The van der Waals surface area contributed by atoms with E-state index in [0.29, 0.717) is 5.92 Å². The molecule has 1 heterocycles. The number of fused-ring (bicyclic) bond motifs is 1. The van der Waals surface area contributed by atoms with E-state index in [4.69, 9.17) is 0 Å². The normalized spacial score (nSPS) is 21.9. The van der Waals surface area contributed by atoms with Gasteiger partial charge in [-0.05, 0) is 50.8 Å². The Labute approximate surface area is 121 Å². The largest absolute Gasteiger partial charge is 0.314 e. The maximum Gasteiger partial charge on any atom is 0.237 e. The highest BCUT2D eigenvalue weighted by molar-refractivity contribution is 6.07. The molecule has 0 saturated heterocycles. The first-order chi connectivity index (χ1) is 9.50. The van der Waals surface area contributed by atoms with Crippen LogP contribution < -0.4 is 10.2 Å². The van der Waals surface area contributed by atoms with Crippen molar-refractivity contribution in [1.29, 1.82) is 0 Å². The van der Waals surface area contributed by atoms with Gasteiger partial charge in [0.15, 0.2) is 0 Å². The van der Waals surface area contributed by atoms with Crippen LogP contribution in [-0.2, 0) is 10.2 Å². The number of anilines is 1. The van der Waals surface area contributed by atoms with E-state index in [2.05, 4.69) is 24.4 Å². The van der Waals surface area contributed by atoms with Crippen LogP contribution in [0.2, 0.25) is 0 Å². The third-order valence-electron chi connectivity index (χ3n) is 4.47. The summed E-state index contributed by atoms with van der Waals surface area (Å²) in [6.45, 7) is 8.08. The van der Waals surface area contributed by atoms with Gasteiger partial charge < -0.3 is 10.2 Å². The molecule has 3 heteroatoms. The fourth-order valence-corrected chi connectivity index (χ4v) is 3.01. The predicted molar refractivity (Wildman–Crippen MR) is 82.0 cm³/mol. The van der Waals surface area contributed by atoms with E-state index in [-0.39, 0.29) is 11.3 Å². The van der Waals surface area contributed by atoms with Gasteiger partial charge in [-0.3, -0.25) is 4.79 Å². The summed E-state index contributed by atoms with van der Waals surface area (Å²) in [6, 6.07) is 8.93. The van der Waals surface area contributed by atoms with Crippen LogP contribution in [0.1, 0.15) is 39.2 Å². The summed E-state index contributed by atoms with van der Waals surface area (Å²) in [6.07, 6.45) is 2.62. The third kappa shape index (κ3) is 2.35. The van der Waals surface area contributed by atoms with E-state index < -0.39 is 0 Å². The molecule has 0 spiro atoms. The Morgan fingerprint density at radius 1 is 1.35 bits per heavy atom. The van der Waals surface area contributed by atoms with Crippen molar-refractivity contribution in [1.82, 2.24) is 5.32 Å². The minimum atomic E-state index is -0.389. The molecule has 1 fully saturated rings. The fraction of sp³-hybridized carbons (Fsp3) is 0.588. The number of amides is 1. The van der Waals surface area contributed by atoms with E-state index in [0.717, 1.165) is 30.4 Å². The molecule has 0 bridgehead atoms. The minimum absolute atomic E-state index is 0.233. The molecular formula is C17H24N2O. The van der Waals surface area contributed by atoms with Crippen molar-refractivity contribution in [3.8, 4) is 0 Å². The van der Waals surface area contributed by atoms with Crippen LogP contribution in [0.15, 0.2) is 24.3 Å². The number of hydrogen-bond acceptors (Lipinski definition) is 2. The number of rotatable bonds is 5. The molecule has 1 saturated carbocycles. The van der Waals surface area contributed by atoms with Gasteiger partial charge in [-0.1, -0.05) is 25.1 Å². The standard InChI is InChI=1S/C17H24N2O/c1-12(10-18-13-8-9-13)11-19-15-7-5-4-6-14(15)17(2,3)16(19)20/h4-7,12-13,18H,8-11H2,1-3H3. The third-order valence-corrected chi connectivity index (χ3v) is 4.47. The Morgan fingerprint density at radius 3 is 2.75 bits per heavy atom. The Balaban J connectivity index is 1.74. The number of carbonyl (C=O) groups is 1. The van der Waals surface area contributed by atoms with Crippen LogP contribution in [0.4, 0.5) is 5.69 Å². The SMILES string of the molecule is CC(CNC1CC1)CN1C(=O)C(C)(C)c2ccccc21. The molecule has 1 aromatic carbocycles. The van der Waals surface area contributed by atoms with Gasteiger partial charge in [-0.15, -0.1) is 0 Å². The Bertz CT molecular complexity index is 519. The van der Waals surface area contributed by atoms with E-state index in [1.165, 1.54) is 12.8 Å². The van der Waals surface area contributed by atoms with Crippen LogP contribution in [-0.4, -0.2) is 25.0 Å². The molecule has 1 aliphatic carbocycles. The van der Waals surface area contributed by atoms with E-state index in [9.17, 15) is 4.79 Å². The number of nitrogens with zero attached hydrogens (tertiary/aromatic N) is 1. The van der Waals surface area contributed by atoms with Crippen LogP contribution in [0.3, 0.4) is 0 Å². The summed E-state index contributed by atoms with van der Waals surface area (Å²) in [5, 5.41) is 3.55. The van der Waals surface area contributed by atoms with Gasteiger partial charge in [-0.2, -0.15) is 0 Å². The number of nitrogens with one attached hydrogen (secondary N) is 1. The molecule has 20 heavy (non-hydrogen) atoms. The second-order valence-electron chi connectivity index (χ2n) is 6.85. The molecule has 3 rings (SSSR count). The van der Waals surface area contributed by atoms with Crippen molar-refractivity contribution in [2.45, 2.75) is 45.1 Å². The number of benzene rings is 1. The van der Waals surface area contributed by atoms with E-state index in [1.807, 2.05) is 30.9 Å². The average Bonchev–Trinajstić information content (AvgIpc) is 3.23. The van der Waals surface area contributed by atoms with Crippen LogP contribution in [0, 0.1) is 5.92 Å². The number of carbonyl (C=O) groups excluding carboxylic acids is 1. The van der Waals surface area contributed by atoms with Gasteiger partial charge in [0, 0.05) is 18.3 Å². The molecule has 0 aromatic heterocycles. The highest BCUT2D eigenvalue weighted by Crippen LogP contribution is 2.41. The predicted octanol–water partition coefficient (Wildman–Crippen LogP) is 2.70. The monoisotopic (exact) mass is 272 g/mol. The van der Waals surface area contributed by atoms with Gasteiger partial charge in [0.2, 0.25) is 5.91 Å². The first kappa shape index (κ1) is 13.6. The lowest BCUT2D eigenvalue weighted by atomic mass is 9.86. The average molecular weight is 272 g/mol. The summed E-state index contributed by atoms with van der Waals surface area (Å²) in [4.78, 5) is 14.7. The van der Waals surface area contributed by atoms with Crippen LogP contribution in [0.5, 0.6) is 0 Å². The van der Waals surface area contributed by atoms with Crippen molar-refractivity contribution in [2.75, 3.05) is 18.0 Å². The smallest absolute Gasteiger partial charge is 0.237 e. The second kappa shape index (κ2) is 4.88. The maximum absolute atomic E-state index is 12.7. The van der Waals surface area contributed by atoms with Crippen molar-refractivity contribution >= 4 is 11.6 Å². The Morgan fingerprint density at radius 2 is 2.05 bits per heavy atom. The quantitative estimate of drug-likeness (QED) is 0.894. The first-order valence-corrected chi connectivity index (χ1v) is 7.65. The zero-order valence-corrected chi connectivity index (χ0v) is 12.6. The summed E-state index contributed by atoms with van der Waals surface area (Å²) >= 11 is 0. The molecule has 1 amide bonds. The fourth-order valence-electron chi connectivity index (χ4n) is 3.01. The summed E-state index contributed by atoms with van der Waals surface area (Å²) in [7, 11) is 0. The van der Waals surface area contributed by atoms with Gasteiger partial charge in [0.25, 0.3) is 0 Å². The van der Waals surface area contributed by atoms with Crippen LogP contribution in [0.25, 0.3) is 0 Å². The number of para-hydroxylation sites is 1. The van der Waals surface area contributed by atoms with Gasteiger partial charge >= 0.3 is 0 Å². The molecule has 1 aromatic rings. The Hall–Kier alpha value is -1.35. The molecule has 1 atom stereocenters. The molecule has 1 aliphatic heterocycles. The van der Waals surface area contributed by atoms with Gasteiger partial charge in [-0.25, -0.2) is 0 Å². The summed E-state index contributed by atoms with van der Waals surface area (Å²) in [5.74, 6) is 0.707. The highest BCUT2D eigenvalue weighted by Gasteiger charge is 2.43.